The molecule has 0 radical (unpaired) electrons. The van der Waals surface area contributed by atoms with Crippen molar-refractivity contribution in [1.29, 1.82) is 0 Å². The van der Waals surface area contributed by atoms with Gasteiger partial charge in [-0.3, -0.25) is 4.79 Å². The van der Waals surface area contributed by atoms with Crippen LogP contribution in [0.3, 0.4) is 0 Å². The van der Waals surface area contributed by atoms with Crippen LogP contribution >= 0.6 is 11.3 Å². The van der Waals surface area contributed by atoms with Gasteiger partial charge in [0.05, 0.1) is 6.04 Å². The van der Waals surface area contributed by atoms with Crippen molar-refractivity contribution < 1.29 is 9.18 Å². The summed E-state index contributed by atoms with van der Waals surface area (Å²) in [5.41, 5.74) is 7.25. The first-order valence-electron chi connectivity index (χ1n) is 5.76. The monoisotopic (exact) mass is 279 g/mol. The summed E-state index contributed by atoms with van der Waals surface area (Å²) in [6, 6.07) is 4.00. The van der Waals surface area contributed by atoms with Crippen molar-refractivity contribution in [3.05, 3.63) is 45.7 Å². The number of thiazole rings is 1. The van der Waals surface area contributed by atoms with Gasteiger partial charge in [-0.05, 0) is 37.6 Å². The normalized spacial score (nSPS) is 12.2. The summed E-state index contributed by atoms with van der Waals surface area (Å²) in [7, 11) is 0. The van der Waals surface area contributed by atoms with Crippen molar-refractivity contribution >= 4 is 22.9 Å². The van der Waals surface area contributed by atoms with E-state index < -0.39 is 0 Å². The Morgan fingerprint density at radius 1 is 1.53 bits per heavy atom. The van der Waals surface area contributed by atoms with Crippen LogP contribution in [0.1, 0.15) is 34.0 Å². The molecular formula is C13H14FN3OS. The fraction of sp³-hybridized carbons (Fsp3) is 0.231. The van der Waals surface area contributed by atoms with E-state index in [1.165, 1.54) is 29.5 Å². The van der Waals surface area contributed by atoms with Crippen LogP contribution in [0.15, 0.2) is 23.6 Å². The maximum Gasteiger partial charge on any atom is 0.275 e. The van der Waals surface area contributed by atoms with Crippen molar-refractivity contribution in [1.82, 2.24) is 4.98 Å². The van der Waals surface area contributed by atoms with Crippen LogP contribution in [0.5, 0.6) is 0 Å². The first-order chi connectivity index (χ1) is 8.97. The molecule has 1 amide bonds. The second kappa shape index (κ2) is 5.46. The molecule has 2 aromatic rings. The molecule has 19 heavy (non-hydrogen) atoms. The third kappa shape index (κ3) is 3.15. The molecule has 6 heteroatoms. The quantitative estimate of drug-likeness (QED) is 0.907. The number of carbonyl (C=O) groups excluding carboxylic acids is 1. The summed E-state index contributed by atoms with van der Waals surface area (Å²) in [5, 5.41) is 5.07. The third-order valence-electron chi connectivity index (χ3n) is 2.58. The average molecular weight is 279 g/mol. The van der Waals surface area contributed by atoms with Crippen LogP contribution in [-0.2, 0) is 0 Å². The number of rotatable bonds is 3. The molecule has 1 aromatic heterocycles. The summed E-state index contributed by atoms with van der Waals surface area (Å²) in [4.78, 5) is 16.1. The smallest absolute Gasteiger partial charge is 0.275 e. The Labute approximate surface area is 114 Å². The minimum atomic E-state index is -0.330. The van der Waals surface area contributed by atoms with Crippen molar-refractivity contribution in [2.45, 2.75) is 19.9 Å². The second-order valence-electron chi connectivity index (χ2n) is 4.27. The van der Waals surface area contributed by atoms with Gasteiger partial charge in [-0.2, -0.15) is 0 Å². The van der Waals surface area contributed by atoms with E-state index in [9.17, 15) is 9.18 Å². The Kier molecular flexibility index (Phi) is 3.92. The lowest BCUT2D eigenvalue weighted by Gasteiger charge is -2.06. The van der Waals surface area contributed by atoms with E-state index in [1.807, 2.05) is 6.92 Å². The van der Waals surface area contributed by atoms with Gasteiger partial charge in [-0.25, -0.2) is 9.37 Å². The van der Waals surface area contributed by atoms with Crippen LogP contribution in [0.4, 0.5) is 10.1 Å². The number of aromatic nitrogens is 1. The zero-order valence-electron chi connectivity index (χ0n) is 10.6. The van der Waals surface area contributed by atoms with E-state index in [4.69, 9.17) is 5.73 Å². The standard InChI is InChI=1S/C13H14FN3OS/c1-7-5-9(14)3-4-10(7)16-12(18)11-6-19-13(17-11)8(2)15/h3-6,8H,15H2,1-2H3,(H,16,18). The van der Waals surface area contributed by atoms with Gasteiger partial charge in [-0.1, -0.05) is 0 Å². The number of nitrogens with zero attached hydrogens (tertiary/aromatic N) is 1. The first-order valence-corrected chi connectivity index (χ1v) is 6.64. The minimum Gasteiger partial charge on any atom is -0.322 e. The van der Waals surface area contributed by atoms with Crippen molar-refractivity contribution in [2.75, 3.05) is 5.32 Å². The first kappa shape index (κ1) is 13.6. The van der Waals surface area contributed by atoms with E-state index in [1.54, 1.807) is 12.3 Å². The Hall–Kier alpha value is -1.79. The van der Waals surface area contributed by atoms with E-state index >= 15 is 0 Å². The average Bonchev–Trinajstić information content (AvgIpc) is 2.82. The SMILES string of the molecule is Cc1cc(F)ccc1NC(=O)c1csc(C(C)N)n1. The number of carbonyl (C=O) groups is 1. The number of nitrogens with two attached hydrogens (primary N) is 1. The summed E-state index contributed by atoms with van der Waals surface area (Å²) in [6.45, 7) is 3.54. The van der Waals surface area contributed by atoms with E-state index in [-0.39, 0.29) is 17.8 Å². The Morgan fingerprint density at radius 3 is 2.84 bits per heavy atom. The number of anilines is 1. The summed E-state index contributed by atoms with van der Waals surface area (Å²) >= 11 is 1.35. The zero-order valence-corrected chi connectivity index (χ0v) is 11.4. The van der Waals surface area contributed by atoms with Crippen LogP contribution < -0.4 is 11.1 Å². The molecular weight excluding hydrogens is 265 g/mol. The van der Waals surface area contributed by atoms with Gasteiger partial charge >= 0.3 is 0 Å². The van der Waals surface area contributed by atoms with Gasteiger partial charge in [0, 0.05) is 11.1 Å². The van der Waals surface area contributed by atoms with Crippen LogP contribution in [0.2, 0.25) is 0 Å². The van der Waals surface area contributed by atoms with Crippen molar-refractivity contribution in [3.63, 3.8) is 0 Å². The number of halogens is 1. The van der Waals surface area contributed by atoms with Crippen LogP contribution in [0, 0.1) is 12.7 Å². The highest BCUT2D eigenvalue weighted by atomic mass is 32.1. The molecule has 0 saturated heterocycles. The molecule has 0 spiro atoms. The molecule has 0 aliphatic carbocycles. The van der Waals surface area contributed by atoms with Gasteiger partial charge in [-0.15, -0.1) is 11.3 Å². The molecule has 1 heterocycles. The molecule has 0 aliphatic rings. The van der Waals surface area contributed by atoms with E-state index in [2.05, 4.69) is 10.3 Å². The van der Waals surface area contributed by atoms with Gasteiger partial charge in [0.15, 0.2) is 0 Å². The molecule has 0 saturated carbocycles. The number of hydrogen-bond donors (Lipinski definition) is 2. The number of amides is 1. The number of aryl methyl sites for hydroxylation is 1. The fourth-order valence-corrected chi connectivity index (χ4v) is 2.31. The lowest BCUT2D eigenvalue weighted by atomic mass is 10.2. The molecule has 4 nitrogen and oxygen atoms in total. The summed E-state index contributed by atoms with van der Waals surface area (Å²) in [6.07, 6.45) is 0. The highest BCUT2D eigenvalue weighted by Crippen LogP contribution is 2.19. The molecule has 3 N–H and O–H groups in total. The molecule has 0 aliphatic heterocycles. The molecule has 1 aromatic carbocycles. The number of nitrogens with one attached hydrogen (secondary N) is 1. The Bertz CT molecular complexity index is 610. The number of benzene rings is 1. The molecule has 1 unspecified atom stereocenters. The lowest BCUT2D eigenvalue weighted by molar-refractivity contribution is 0.102. The Balaban J connectivity index is 2.16. The minimum absolute atomic E-state index is 0.195. The maximum atomic E-state index is 13.0. The van der Waals surface area contributed by atoms with Gasteiger partial charge in [0.1, 0.15) is 16.5 Å². The van der Waals surface area contributed by atoms with Gasteiger partial charge in [0.25, 0.3) is 5.91 Å². The lowest BCUT2D eigenvalue weighted by Crippen LogP contribution is -2.14. The highest BCUT2D eigenvalue weighted by molar-refractivity contribution is 7.09. The van der Waals surface area contributed by atoms with Crippen molar-refractivity contribution in [2.24, 2.45) is 5.73 Å². The second-order valence-corrected chi connectivity index (χ2v) is 5.16. The largest absolute Gasteiger partial charge is 0.322 e. The predicted molar refractivity (Wildman–Crippen MR) is 73.8 cm³/mol. The van der Waals surface area contributed by atoms with Crippen molar-refractivity contribution in [3.8, 4) is 0 Å². The van der Waals surface area contributed by atoms with Gasteiger partial charge in [0.2, 0.25) is 0 Å². The van der Waals surface area contributed by atoms with E-state index in [0.29, 0.717) is 22.0 Å². The molecule has 100 valence electrons. The molecule has 1 atom stereocenters. The van der Waals surface area contributed by atoms with E-state index in [0.717, 1.165) is 0 Å². The Morgan fingerprint density at radius 2 is 2.26 bits per heavy atom. The zero-order chi connectivity index (χ0) is 14.0. The topological polar surface area (TPSA) is 68.0 Å². The molecule has 0 bridgehead atoms. The van der Waals surface area contributed by atoms with Crippen LogP contribution in [0.25, 0.3) is 0 Å². The predicted octanol–water partition coefficient (Wildman–Crippen LogP) is 2.86. The van der Waals surface area contributed by atoms with Gasteiger partial charge < -0.3 is 11.1 Å². The summed E-state index contributed by atoms with van der Waals surface area (Å²) < 4.78 is 13.0. The maximum absolute atomic E-state index is 13.0. The third-order valence-corrected chi connectivity index (χ3v) is 3.63. The summed E-state index contributed by atoms with van der Waals surface area (Å²) in [5.74, 6) is -0.652. The van der Waals surface area contributed by atoms with Crippen LogP contribution in [-0.4, -0.2) is 10.9 Å². The molecule has 0 fully saturated rings. The highest BCUT2D eigenvalue weighted by Gasteiger charge is 2.13. The number of hydrogen-bond acceptors (Lipinski definition) is 4. The molecule has 2 rings (SSSR count). The fourth-order valence-electron chi connectivity index (χ4n) is 1.55.